The predicted octanol–water partition coefficient (Wildman–Crippen LogP) is 3.87. The second-order valence-electron chi connectivity index (χ2n) is 9.18. The van der Waals surface area contributed by atoms with Gasteiger partial charge in [0.2, 0.25) is 11.8 Å². The van der Waals surface area contributed by atoms with Crippen molar-refractivity contribution in [1.82, 2.24) is 29.4 Å². The number of methoxy groups -OCH3 is 1. The summed E-state index contributed by atoms with van der Waals surface area (Å²) in [7, 11) is 3.22. The molecule has 5 rings (SSSR count). The smallest absolute Gasteiger partial charge is 0.250 e. The van der Waals surface area contributed by atoms with E-state index in [1.54, 1.807) is 15.8 Å². The molecule has 0 bridgehead atoms. The fourth-order valence-electron chi connectivity index (χ4n) is 5.20. The minimum Gasteiger partial charge on any atom is -0.479 e. The third-order valence-corrected chi connectivity index (χ3v) is 7.23. The Kier molecular flexibility index (Phi) is 6.61. The number of amides is 1. The SMILES string of the molecule is CCC(C1=C(C)N(C)C(=O)CC1)n1cc(-c2nn(-c3cnc(OC)c(F)c3)c3c2CCOCC3)cn1. The van der Waals surface area contributed by atoms with Crippen LogP contribution >= 0.6 is 0 Å². The number of fused-ring (bicyclic) bond motifs is 1. The quantitative estimate of drug-likeness (QED) is 0.517. The molecule has 1 atom stereocenters. The number of aromatic nitrogens is 5. The first kappa shape index (κ1) is 24.2. The molecule has 190 valence electrons. The van der Waals surface area contributed by atoms with Gasteiger partial charge in [0.25, 0.3) is 0 Å². The van der Waals surface area contributed by atoms with E-state index >= 15 is 0 Å². The summed E-state index contributed by atoms with van der Waals surface area (Å²) >= 11 is 0. The molecule has 0 N–H and O–H groups in total. The Morgan fingerprint density at radius 2 is 2.00 bits per heavy atom. The summed E-state index contributed by atoms with van der Waals surface area (Å²) < 4.78 is 28.9. The summed E-state index contributed by atoms with van der Waals surface area (Å²) in [5, 5.41) is 9.63. The highest BCUT2D eigenvalue weighted by Crippen LogP contribution is 2.35. The molecule has 0 spiro atoms. The van der Waals surface area contributed by atoms with Gasteiger partial charge in [0.15, 0.2) is 5.82 Å². The van der Waals surface area contributed by atoms with Crippen molar-refractivity contribution in [2.45, 2.75) is 52.0 Å². The number of hydrogen-bond donors (Lipinski definition) is 0. The van der Waals surface area contributed by atoms with Crippen LogP contribution in [0, 0.1) is 5.82 Å². The van der Waals surface area contributed by atoms with Gasteiger partial charge < -0.3 is 14.4 Å². The third kappa shape index (κ3) is 4.19. The van der Waals surface area contributed by atoms with E-state index in [2.05, 4.69) is 11.9 Å². The first-order valence-corrected chi connectivity index (χ1v) is 12.3. The molecule has 0 fully saturated rings. The van der Waals surface area contributed by atoms with Crippen molar-refractivity contribution in [3.05, 3.63) is 53.0 Å². The Morgan fingerprint density at radius 3 is 2.75 bits per heavy atom. The third-order valence-electron chi connectivity index (χ3n) is 7.23. The highest BCUT2D eigenvalue weighted by Gasteiger charge is 2.28. The average molecular weight is 495 g/mol. The lowest BCUT2D eigenvalue weighted by atomic mass is 9.94. The van der Waals surface area contributed by atoms with E-state index in [4.69, 9.17) is 19.7 Å². The first-order chi connectivity index (χ1) is 17.4. The summed E-state index contributed by atoms with van der Waals surface area (Å²) in [6, 6.07) is 1.44. The molecule has 2 aliphatic heterocycles. The molecular weight excluding hydrogens is 463 g/mol. The van der Waals surface area contributed by atoms with Gasteiger partial charge in [-0.2, -0.15) is 10.2 Å². The minimum absolute atomic E-state index is 0.0490. The van der Waals surface area contributed by atoms with Gasteiger partial charge >= 0.3 is 0 Å². The Labute approximate surface area is 209 Å². The van der Waals surface area contributed by atoms with E-state index in [-0.39, 0.29) is 17.8 Å². The van der Waals surface area contributed by atoms with Gasteiger partial charge in [0.05, 0.1) is 55.8 Å². The van der Waals surface area contributed by atoms with Crippen molar-refractivity contribution in [2.75, 3.05) is 27.4 Å². The Balaban J connectivity index is 1.56. The predicted molar refractivity (Wildman–Crippen MR) is 131 cm³/mol. The van der Waals surface area contributed by atoms with Crippen LogP contribution in [0.2, 0.25) is 0 Å². The van der Waals surface area contributed by atoms with Crippen LogP contribution in [0.15, 0.2) is 35.9 Å². The lowest BCUT2D eigenvalue weighted by Crippen LogP contribution is -2.31. The Morgan fingerprint density at radius 1 is 1.19 bits per heavy atom. The van der Waals surface area contributed by atoms with Crippen LogP contribution in [-0.2, 0) is 22.4 Å². The normalized spacial score (nSPS) is 17.2. The van der Waals surface area contributed by atoms with Crippen molar-refractivity contribution < 1.29 is 18.7 Å². The molecule has 36 heavy (non-hydrogen) atoms. The van der Waals surface area contributed by atoms with Gasteiger partial charge in [-0.25, -0.2) is 14.1 Å². The number of allylic oxidation sites excluding steroid dienone is 2. The standard InChI is InChI=1S/C26H31FN6O3/c1-5-22(19-6-7-24(34)31(3)16(19)2)32-15-17(13-29-32)25-20-8-10-36-11-9-23(20)33(30-25)18-12-21(27)26(35-4)28-14-18/h12-15,22H,5-11H2,1-4H3. The number of nitrogens with zero attached hydrogens (tertiary/aromatic N) is 6. The molecule has 0 saturated carbocycles. The molecule has 1 unspecified atom stereocenters. The molecular formula is C26H31FN6O3. The zero-order chi connectivity index (χ0) is 25.4. The maximum Gasteiger partial charge on any atom is 0.250 e. The van der Waals surface area contributed by atoms with Gasteiger partial charge in [-0.3, -0.25) is 9.48 Å². The summed E-state index contributed by atoms with van der Waals surface area (Å²) in [5.41, 5.74) is 6.54. The molecule has 1 amide bonds. The molecule has 0 saturated heterocycles. The van der Waals surface area contributed by atoms with Crippen molar-refractivity contribution >= 4 is 5.91 Å². The minimum atomic E-state index is -0.538. The highest BCUT2D eigenvalue weighted by molar-refractivity contribution is 5.79. The van der Waals surface area contributed by atoms with Crippen LogP contribution in [0.1, 0.15) is 50.4 Å². The number of pyridine rings is 1. The number of halogens is 1. The van der Waals surface area contributed by atoms with Crippen molar-refractivity contribution in [3.63, 3.8) is 0 Å². The van der Waals surface area contributed by atoms with Crippen LogP contribution in [0.5, 0.6) is 5.88 Å². The van der Waals surface area contributed by atoms with Crippen LogP contribution in [0.25, 0.3) is 16.9 Å². The highest BCUT2D eigenvalue weighted by atomic mass is 19.1. The van der Waals surface area contributed by atoms with Crippen LogP contribution in [0.3, 0.4) is 0 Å². The van der Waals surface area contributed by atoms with Crippen LogP contribution in [0.4, 0.5) is 4.39 Å². The van der Waals surface area contributed by atoms with E-state index in [9.17, 15) is 9.18 Å². The van der Waals surface area contributed by atoms with Crippen LogP contribution < -0.4 is 4.74 Å². The van der Waals surface area contributed by atoms with E-state index < -0.39 is 5.82 Å². The molecule has 9 nitrogen and oxygen atoms in total. The summed E-state index contributed by atoms with van der Waals surface area (Å²) in [4.78, 5) is 18.0. The first-order valence-electron chi connectivity index (χ1n) is 12.3. The molecule has 5 heterocycles. The molecule has 2 aliphatic rings. The van der Waals surface area contributed by atoms with Gasteiger partial charge in [-0.15, -0.1) is 0 Å². The summed E-state index contributed by atoms with van der Waals surface area (Å²) in [5.74, 6) is -0.442. The lowest BCUT2D eigenvalue weighted by molar-refractivity contribution is -0.128. The zero-order valence-electron chi connectivity index (χ0n) is 21.1. The molecule has 3 aromatic rings. The van der Waals surface area contributed by atoms with Crippen LogP contribution in [-0.4, -0.2) is 62.7 Å². The molecule has 0 radical (unpaired) electrons. The van der Waals surface area contributed by atoms with E-state index in [1.807, 2.05) is 31.0 Å². The Bertz CT molecular complexity index is 1330. The topological polar surface area (TPSA) is 87.3 Å². The van der Waals surface area contributed by atoms with E-state index in [1.165, 1.54) is 18.7 Å². The summed E-state index contributed by atoms with van der Waals surface area (Å²) in [6.07, 6.45) is 8.89. The number of carbonyl (C=O) groups excluding carboxylic acids is 1. The second-order valence-corrected chi connectivity index (χ2v) is 9.18. The molecule has 10 heteroatoms. The number of hydrogen-bond acceptors (Lipinski definition) is 6. The van der Waals surface area contributed by atoms with Gasteiger partial charge in [0.1, 0.15) is 0 Å². The Hall–Kier alpha value is -3.53. The van der Waals surface area contributed by atoms with Gasteiger partial charge in [0, 0.05) is 49.0 Å². The maximum absolute atomic E-state index is 14.5. The maximum atomic E-state index is 14.5. The lowest BCUT2D eigenvalue weighted by Gasteiger charge is -2.31. The van der Waals surface area contributed by atoms with Gasteiger partial charge in [-0.05, 0) is 31.8 Å². The molecule has 0 aromatic carbocycles. The van der Waals surface area contributed by atoms with Crippen molar-refractivity contribution in [2.24, 2.45) is 0 Å². The fourth-order valence-corrected chi connectivity index (χ4v) is 5.20. The number of carbonyl (C=O) groups is 1. The van der Waals surface area contributed by atoms with E-state index in [0.717, 1.165) is 41.1 Å². The fraction of sp³-hybridized carbons (Fsp3) is 0.462. The van der Waals surface area contributed by atoms with Crippen molar-refractivity contribution in [1.29, 1.82) is 0 Å². The molecule has 0 aliphatic carbocycles. The summed E-state index contributed by atoms with van der Waals surface area (Å²) in [6.45, 7) is 5.30. The number of rotatable bonds is 6. The van der Waals surface area contributed by atoms with Crippen molar-refractivity contribution in [3.8, 4) is 22.8 Å². The monoisotopic (exact) mass is 494 g/mol. The zero-order valence-corrected chi connectivity index (χ0v) is 21.1. The van der Waals surface area contributed by atoms with E-state index in [0.29, 0.717) is 38.2 Å². The number of ether oxygens (including phenoxy) is 2. The average Bonchev–Trinajstić information content (AvgIpc) is 3.42. The largest absolute Gasteiger partial charge is 0.479 e. The second kappa shape index (κ2) is 9.85. The molecule has 3 aromatic heterocycles. The van der Waals surface area contributed by atoms with Gasteiger partial charge in [-0.1, -0.05) is 6.92 Å².